The Morgan fingerprint density at radius 1 is 1.06 bits per heavy atom. The fourth-order valence-corrected chi connectivity index (χ4v) is 7.77. The van der Waals surface area contributed by atoms with E-state index >= 15 is 0 Å². The third kappa shape index (κ3) is 7.65. The Hall–Kier alpha value is -4.43. The molecular formula is C34H43N9O4S. The Bertz CT molecular complexity index is 1610. The summed E-state index contributed by atoms with van der Waals surface area (Å²) in [5.41, 5.74) is 2.03. The molecule has 3 aliphatic heterocycles. The number of anilines is 4. The van der Waals surface area contributed by atoms with E-state index in [0.717, 1.165) is 88.3 Å². The molecule has 0 aliphatic carbocycles. The first-order chi connectivity index (χ1) is 23.3. The minimum absolute atomic E-state index is 0.0781. The number of piperazine rings is 2. The number of aldehydes is 2. The van der Waals surface area contributed by atoms with E-state index in [1.807, 2.05) is 25.1 Å². The van der Waals surface area contributed by atoms with E-state index < -0.39 is 0 Å². The van der Waals surface area contributed by atoms with Crippen LogP contribution in [0.5, 0.6) is 0 Å². The van der Waals surface area contributed by atoms with Crippen molar-refractivity contribution in [1.82, 2.24) is 30.1 Å². The Balaban J connectivity index is 0.934. The number of likely N-dealkylation sites (tertiary alicyclic amines) is 1. The fourth-order valence-electron chi connectivity index (χ4n) is 7.13. The van der Waals surface area contributed by atoms with Crippen molar-refractivity contribution in [3.63, 3.8) is 0 Å². The number of fused-ring (bicyclic) bond motifs is 2. The molecule has 3 unspecified atom stereocenters. The van der Waals surface area contributed by atoms with Crippen molar-refractivity contribution in [3.05, 3.63) is 52.8 Å². The summed E-state index contributed by atoms with van der Waals surface area (Å²) in [6.45, 7) is 7.82. The smallest absolute Gasteiger partial charge is 0.227 e. The molecule has 2 aromatic heterocycles. The molecule has 2 bridgehead atoms. The molecule has 3 atom stereocenters. The lowest BCUT2D eigenvalue weighted by atomic mass is 9.93. The van der Waals surface area contributed by atoms with Crippen LogP contribution in [0.3, 0.4) is 0 Å². The molecular weight excluding hydrogens is 630 g/mol. The first-order valence-electron chi connectivity index (χ1n) is 16.7. The van der Waals surface area contributed by atoms with Gasteiger partial charge in [0.1, 0.15) is 23.7 Å². The van der Waals surface area contributed by atoms with Gasteiger partial charge in [0, 0.05) is 77.0 Å². The molecule has 0 radical (unpaired) electrons. The van der Waals surface area contributed by atoms with Gasteiger partial charge in [0.25, 0.3) is 0 Å². The lowest BCUT2D eigenvalue weighted by molar-refractivity contribution is -0.132. The number of aromatic nitrogens is 3. The molecule has 1 aromatic carbocycles. The highest BCUT2D eigenvalue weighted by molar-refractivity contribution is 7.17. The summed E-state index contributed by atoms with van der Waals surface area (Å²) in [5.74, 6) is 2.01. The molecule has 3 fully saturated rings. The number of aryl methyl sites for hydroxylation is 1. The van der Waals surface area contributed by atoms with Crippen LogP contribution >= 0.6 is 11.3 Å². The van der Waals surface area contributed by atoms with Crippen LogP contribution in [0.2, 0.25) is 0 Å². The second kappa shape index (κ2) is 15.2. The first-order valence-corrected chi connectivity index (χ1v) is 17.5. The number of carbonyl (C=O) groups excluding carboxylic acids is 4. The van der Waals surface area contributed by atoms with Crippen LogP contribution in [0.4, 0.5) is 22.5 Å². The Kier molecular flexibility index (Phi) is 10.6. The number of carbonyl (C=O) groups is 4. The zero-order valence-corrected chi connectivity index (χ0v) is 28.3. The van der Waals surface area contributed by atoms with Crippen molar-refractivity contribution in [2.24, 2.45) is 0 Å². The highest BCUT2D eigenvalue weighted by Gasteiger charge is 2.45. The average molecular weight is 674 g/mol. The third-order valence-electron chi connectivity index (χ3n) is 9.58. The van der Waals surface area contributed by atoms with Crippen LogP contribution in [0, 0.1) is 6.92 Å². The van der Waals surface area contributed by atoms with Gasteiger partial charge in [0.05, 0.1) is 23.0 Å². The zero-order valence-electron chi connectivity index (χ0n) is 27.5. The number of hydrogen-bond donors (Lipinski definition) is 2. The number of thiazole rings is 1. The minimum atomic E-state index is -0.338. The van der Waals surface area contributed by atoms with Gasteiger partial charge in [0.15, 0.2) is 11.4 Å². The van der Waals surface area contributed by atoms with E-state index in [4.69, 9.17) is 0 Å². The molecule has 14 heteroatoms. The number of benzene rings is 1. The Morgan fingerprint density at radius 2 is 1.85 bits per heavy atom. The van der Waals surface area contributed by atoms with Crippen molar-refractivity contribution in [1.29, 1.82) is 0 Å². The average Bonchev–Trinajstić information content (AvgIpc) is 3.85. The maximum atomic E-state index is 13.2. The fraction of sp³-hybridized carbons (Fsp3) is 0.500. The van der Waals surface area contributed by atoms with Crippen LogP contribution in [0.1, 0.15) is 59.1 Å². The number of likely N-dealkylation sites (N-methyl/N-ethyl adjacent to an activating group) is 1. The van der Waals surface area contributed by atoms with Gasteiger partial charge in [-0.3, -0.25) is 19.3 Å². The van der Waals surface area contributed by atoms with Crippen LogP contribution in [0.15, 0.2) is 36.5 Å². The third-order valence-corrected chi connectivity index (χ3v) is 10.4. The quantitative estimate of drug-likeness (QED) is 0.244. The molecule has 48 heavy (non-hydrogen) atoms. The van der Waals surface area contributed by atoms with Crippen molar-refractivity contribution < 1.29 is 19.2 Å². The Labute approximate surface area is 284 Å². The van der Waals surface area contributed by atoms with E-state index in [0.29, 0.717) is 47.0 Å². The largest absolute Gasteiger partial charge is 0.365 e. The van der Waals surface area contributed by atoms with Crippen molar-refractivity contribution >= 4 is 58.2 Å². The van der Waals surface area contributed by atoms with Gasteiger partial charge in [-0.15, -0.1) is 0 Å². The normalized spacial score (nSPS) is 19.8. The summed E-state index contributed by atoms with van der Waals surface area (Å²) in [6.07, 6.45) is 6.41. The lowest BCUT2D eigenvalue weighted by Gasteiger charge is -2.36. The summed E-state index contributed by atoms with van der Waals surface area (Å²) in [7, 11) is 1.62. The molecule has 254 valence electrons. The van der Waals surface area contributed by atoms with Gasteiger partial charge in [-0.25, -0.2) is 15.0 Å². The number of amides is 2. The molecule has 0 spiro atoms. The summed E-state index contributed by atoms with van der Waals surface area (Å²) < 4.78 is 0. The second-order valence-electron chi connectivity index (χ2n) is 12.6. The summed E-state index contributed by atoms with van der Waals surface area (Å²) in [5, 5.41) is 6.51. The SMILES string of the molecule is CNC(=O)C(CCC=O)c1ccc(N2CC3CC2CN3C(=O)CCCN2CCN(c3cc(Nc4ncc(C=O)s4)nc(C)n3)CC2)cc1. The molecule has 3 aliphatic rings. The predicted molar refractivity (Wildman–Crippen MR) is 185 cm³/mol. The minimum Gasteiger partial charge on any atom is -0.365 e. The molecule has 13 nitrogen and oxygen atoms in total. The van der Waals surface area contributed by atoms with Gasteiger partial charge >= 0.3 is 0 Å². The summed E-state index contributed by atoms with van der Waals surface area (Å²) in [4.78, 5) is 70.6. The molecule has 6 rings (SSSR count). The first kappa shape index (κ1) is 33.5. The standard InChI is InChI=1S/C34H43N9O4S/c1-23-37-30(39-34-36-19-28(22-45)48-34)18-31(38-23)41-14-12-40(13-15-41)11-3-6-32(46)43-21-26-17-27(43)20-42(26)25-9-7-24(8-10-25)29(5-4-16-44)33(47)35-2/h7-10,16,18-19,22,26-27,29H,3-6,11-15,17,20-21H2,1-2H3,(H,35,47)(H,36,37,38,39). The van der Waals surface area contributed by atoms with Crippen LogP contribution in [0.25, 0.3) is 0 Å². The van der Waals surface area contributed by atoms with E-state index in [1.165, 1.54) is 11.3 Å². The van der Waals surface area contributed by atoms with Crippen molar-refractivity contribution in [2.75, 3.05) is 68.0 Å². The van der Waals surface area contributed by atoms with E-state index in [1.54, 1.807) is 13.2 Å². The predicted octanol–water partition coefficient (Wildman–Crippen LogP) is 3.00. The van der Waals surface area contributed by atoms with Crippen LogP contribution in [-0.2, 0) is 14.4 Å². The molecule has 3 aromatic rings. The molecule has 5 heterocycles. The lowest BCUT2D eigenvalue weighted by Crippen LogP contribution is -2.49. The van der Waals surface area contributed by atoms with Crippen LogP contribution in [-0.4, -0.2) is 114 Å². The molecule has 0 saturated carbocycles. The highest BCUT2D eigenvalue weighted by atomic mass is 32.1. The number of nitrogens with zero attached hydrogens (tertiary/aromatic N) is 7. The van der Waals surface area contributed by atoms with Gasteiger partial charge in [-0.2, -0.15) is 0 Å². The number of hydrogen-bond acceptors (Lipinski definition) is 12. The van der Waals surface area contributed by atoms with Gasteiger partial charge in [0.2, 0.25) is 11.8 Å². The Morgan fingerprint density at radius 3 is 2.52 bits per heavy atom. The van der Waals surface area contributed by atoms with Crippen molar-refractivity contribution in [3.8, 4) is 0 Å². The molecule has 2 amide bonds. The number of rotatable bonds is 14. The summed E-state index contributed by atoms with van der Waals surface area (Å²) >= 11 is 1.28. The maximum absolute atomic E-state index is 13.2. The van der Waals surface area contributed by atoms with E-state index in [9.17, 15) is 19.2 Å². The van der Waals surface area contributed by atoms with Crippen molar-refractivity contribution in [2.45, 2.75) is 57.0 Å². The van der Waals surface area contributed by atoms with Gasteiger partial charge < -0.3 is 30.1 Å². The van der Waals surface area contributed by atoms with Gasteiger partial charge in [-0.1, -0.05) is 23.5 Å². The molecule has 3 saturated heterocycles. The zero-order chi connectivity index (χ0) is 33.6. The summed E-state index contributed by atoms with van der Waals surface area (Å²) in [6, 6.07) is 10.6. The topological polar surface area (TPSA) is 144 Å². The van der Waals surface area contributed by atoms with E-state index in [2.05, 4.69) is 57.3 Å². The second-order valence-corrected chi connectivity index (χ2v) is 13.7. The maximum Gasteiger partial charge on any atom is 0.227 e. The van der Waals surface area contributed by atoms with Gasteiger partial charge in [-0.05, 0) is 50.4 Å². The number of nitrogens with one attached hydrogen (secondary N) is 2. The monoisotopic (exact) mass is 673 g/mol. The molecule has 2 N–H and O–H groups in total. The highest BCUT2D eigenvalue weighted by Crippen LogP contribution is 2.36. The van der Waals surface area contributed by atoms with Crippen LogP contribution < -0.4 is 20.4 Å². The van der Waals surface area contributed by atoms with E-state index in [-0.39, 0.29) is 23.8 Å².